The number of methoxy groups -OCH3 is 1. The highest BCUT2D eigenvalue weighted by Crippen LogP contribution is 2.25. The van der Waals surface area contributed by atoms with Crippen LogP contribution >= 0.6 is 31.9 Å². The zero-order chi connectivity index (χ0) is 15.2. The lowest BCUT2D eigenvalue weighted by atomic mass is 9.94. The van der Waals surface area contributed by atoms with Crippen LogP contribution in [0.4, 0.5) is 4.39 Å². The van der Waals surface area contributed by atoms with Gasteiger partial charge in [0.25, 0.3) is 0 Å². The molecule has 2 aromatic carbocycles. The van der Waals surface area contributed by atoms with Crippen LogP contribution in [0, 0.1) is 11.7 Å². The maximum Gasteiger partial charge on any atom is 0.137 e. The molecule has 0 aliphatic carbocycles. The van der Waals surface area contributed by atoms with Gasteiger partial charge in [0.1, 0.15) is 11.6 Å². The van der Waals surface area contributed by atoms with Gasteiger partial charge in [0.15, 0.2) is 0 Å². The van der Waals surface area contributed by atoms with Crippen molar-refractivity contribution in [3.63, 3.8) is 0 Å². The first-order valence-electron chi connectivity index (χ1n) is 6.75. The lowest BCUT2D eigenvalue weighted by Crippen LogP contribution is -2.10. The van der Waals surface area contributed by atoms with Gasteiger partial charge in [0.05, 0.1) is 11.6 Å². The molecule has 0 radical (unpaired) electrons. The molecule has 0 amide bonds. The summed E-state index contributed by atoms with van der Waals surface area (Å²) >= 11 is 6.90. The number of rotatable bonds is 6. The minimum absolute atomic E-state index is 0.203. The fraction of sp³-hybridized carbons (Fsp3) is 0.294. The van der Waals surface area contributed by atoms with Crippen molar-refractivity contribution < 1.29 is 9.13 Å². The smallest absolute Gasteiger partial charge is 0.137 e. The number of hydrogen-bond donors (Lipinski definition) is 0. The van der Waals surface area contributed by atoms with Gasteiger partial charge in [-0.05, 0) is 64.0 Å². The first-order valence-corrected chi connectivity index (χ1v) is 8.67. The van der Waals surface area contributed by atoms with Crippen LogP contribution in [-0.4, -0.2) is 12.4 Å². The summed E-state index contributed by atoms with van der Waals surface area (Å²) in [6.45, 7) is 0. The van der Waals surface area contributed by atoms with Gasteiger partial charge in [-0.1, -0.05) is 40.2 Å². The molecule has 0 N–H and O–H groups in total. The third kappa shape index (κ3) is 4.55. The predicted molar refractivity (Wildman–Crippen MR) is 91.8 cm³/mol. The summed E-state index contributed by atoms with van der Waals surface area (Å²) in [5, 5.41) is 0.877. The normalized spacial score (nSPS) is 12.2. The molecule has 2 aromatic rings. The molecular weight excluding hydrogens is 399 g/mol. The number of hydrogen-bond acceptors (Lipinski definition) is 1. The van der Waals surface area contributed by atoms with E-state index in [1.807, 2.05) is 18.2 Å². The van der Waals surface area contributed by atoms with Crippen LogP contribution in [-0.2, 0) is 12.8 Å². The van der Waals surface area contributed by atoms with Crippen LogP contribution in [0.3, 0.4) is 0 Å². The molecule has 0 aliphatic rings. The Bertz CT molecular complexity index is 584. The van der Waals surface area contributed by atoms with Crippen LogP contribution in [0.15, 0.2) is 46.9 Å². The van der Waals surface area contributed by atoms with Gasteiger partial charge in [-0.2, -0.15) is 0 Å². The zero-order valence-corrected chi connectivity index (χ0v) is 15.0. The standard InChI is InChI=1S/C17H17Br2FO/c1-21-15-7-5-12(6-8-15)9-13(11-18)10-14-3-2-4-16(20)17(14)19/h2-8,13H,9-11H2,1H3. The van der Waals surface area contributed by atoms with Crippen molar-refractivity contribution in [1.29, 1.82) is 0 Å². The Morgan fingerprint density at radius 2 is 1.81 bits per heavy atom. The predicted octanol–water partition coefficient (Wildman–Crippen LogP) is 5.39. The van der Waals surface area contributed by atoms with Crippen molar-refractivity contribution in [2.45, 2.75) is 12.8 Å². The van der Waals surface area contributed by atoms with Crippen LogP contribution in [0.2, 0.25) is 0 Å². The first-order chi connectivity index (χ1) is 10.1. The quantitative estimate of drug-likeness (QED) is 0.574. The van der Waals surface area contributed by atoms with E-state index in [2.05, 4.69) is 44.0 Å². The van der Waals surface area contributed by atoms with E-state index in [0.29, 0.717) is 10.4 Å². The fourth-order valence-corrected chi connectivity index (χ4v) is 3.18. The SMILES string of the molecule is COc1ccc(CC(CBr)Cc2cccc(F)c2Br)cc1. The largest absolute Gasteiger partial charge is 0.497 e. The van der Waals surface area contributed by atoms with E-state index in [1.54, 1.807) is 13.2 Å². The van der Waals surface area contributed by atoms with E-state index in [9.17, 15) is 4.39 Å². The molecule has 0 aromatic heterocycles. The van der Waals surface area contributed by atoms with Gasteiger partial charge in [-0.25, -0.2) is 4.39 Å². The Morgan fingerprint density at radius 3 is 2.43 bits per heavy atom. The Hall–Kier alpha value is -0.870. The molecule has 1 atom stereocenters. The fourth-order valence-electron chi connectivity index (χ4n) is 2.29. The summed E-state index contributed by atoms with van der Waals surface area (Å²) < 4.78 is 19.3. The lowest BCUT2D eigenvalue weighted by Gasteiger charge is -2.16. The van der Waals surface area contributed by atoms with E-state index in [0.717, 1.165) is 29.5 Å². The van der Waals surface area contributed by atoms with Crippen LogP contribution < -0.4 is 4.74 Å². The van der Waals surface area contributed by atoms with Gasteiger partial charge >= 0.3 is 0 Å². The molecule has 0 spiro atoms. The van der Waals surface area contributed by atoms with Crippen LogP contribution in [0.5, 0.6) is 5.75 Å². The molecule has 0 heterocycles. The van der Waals surface area contributed by atoms with E-state index < -0.39 is 0 Å². The van der Waals surface area contributed by atoms with E-state index in [1.165, 1.54) is 11.6 Å². The van der Waals surface area contributed by atoms with Crippen LogP contribution in [0.1, 0.15) is 11.1 Å². The highest BCUT2D eigenvalue weighted by Gasteiger charge is 2.13. The average Bonchev–Trinajstić information content (AvgIpc) is 2.51. The highest BCUT2D eigenvalue weighted by atomic mass is 79.9. The Labute approximate surface area is 141 Å². The second-order valence-electron chi connectivity index (χ2n) is 4.99. The number of halogens is 3. The van der Waals surface area contributed by atoms with Crippen molar-refractivity contribution in [2.75, 3.05) is 12.4 Å². The molecule has 0 bridgehead atoms. The van der Waals surface area contributed by atoms with Crippen molar-refractivity contribution >= 4 is 31.9 Å². The molecule has 0 saturated carbocycles. The second kappa shape index (κ2) is 7.95. The monoisotopic (exact) mass is 414 g/mol. The van der Waals surface area contributed by atoms with Gasteiger partial charge in [0, 0.05) is 5.33 Å². The minimum Gasteiger partial charge on any atom is -0.497 e. The first kappa shape index (κ1) is 16.5. The Kier molecular flexibility index (Phi) is 6.24. The maximum atomic E-state index is 13.6. The van der Waals surface area contributed by atoms with Crippen molar-refractivity contribution in [3.8, 4) is 5.75 Å². The Morgan fingerprint density at radius 1 is 1.10 bits per heavy atom. The molecule has 1 unspecified atom stereocenters. The molecule has 0 fully saturated rings. The van der Waals surface area contributed by atoms with Crippen LogP contribution in [0.25, 0.3) is 0 Å². The summed E-state index contributed by atoms with van der Waals surface area (Å²) in [5.41, 5.74) is 2.26. The summed E-state index contributed by atoms with van der Waals surface area (Å²) in [4.78, 5) is 0. The number of benzene rings is 2. The summed E-state index contributed by atoms with van der Waals surface area (Å²) in [6.07, 6.45) is 1.77. The van der Waals surface area contributed by atoms with Gasteiger partial charge in [0.2, 0.25) is 0 Å². The van der Waals surface area contributed by atoms with E-state index in [4.69, 9.17) is 4.74 Å². The van der Waals surface area contributed by atoms with Crippen molar-refractivity contribution in [1.82, 2.24) is 0 Å². The molecule has 0 aliphatic heterocycles. The van der Waals surface area contributed by atoms with E-state index >= 15 is 0 Å². The second-order valence-corrected chi connectivity index (χ2v) is 6.43. The average molecular weight is 416 g/mol. The minimum atomic E-state index is -0.203. The summed E-state index contributed by atoms with van der Waals surface area (Å²) in [6, 6.07) is 13.3. The molecule has 1 nitrogen and oxygen atoms in total. The molecule has 21 heavy (non-hydrogen) atoms. The Balaban J connectivity index is 2.07. The summed E-state index contributed by atoms with van der Waals surface area (Å²) in [5.74, 6) is 1.07. The van der Waals surface area contributed by atoms with Crippen molar-refractivity contribution in [2.24, 2.45) is 5.92 Å². The van der Waals surface area contributed by atoms with Gasteiger partial charge < -0.3 is 4.74 Å². The molecular formula is C17H17Br2FO. The van der Waals surface area contributed by atoms with Gasteiger partial charge in [-0.3, -0.25) is 0 Å². The van der Waals surface area contributed by atoms with E-state index in [-0.39, 0.29) is 5.82 Å². The molecule has 112 valence electrons. The lowest BCUT2D eigenvalue weighted by molar-refractivity contribution is 0.414. The zero-order valence-electron chi connectivity index (χ0n) is 11.8. The van der Waals surface area contributed by atoms with Crippen molar-refractivity contribution in [3.05, 3.63) is 63.9 Å². The summed E-state index contributed by atoms with van der Waals surface area (Å²) in [7, 11) is 1.66. The highest BCUT2D eigenvalue weighted by molar-refractivity contribution is 9.10. The molecule has 2 rings (SSSR count). The number of ether oxygens (including phenoxy) is 1. The maximum absolute atomic E-state index is 13.6. The third-order valence-electron chi connectivity index (χ3n) is 3.44. The third-order valence-corrected chi connectivity index (χ3v) is 5.25. The number of alkyl halides is 1. The topological polar surface area (TPSA) is 9.23 Å². The molecule has 4 heteroatoms. The molecule has 0 saturated heterocycles. The van der Waals surface area contributed by atoms with Gasteiger partial charge in [-0.15, -0.1) is 0 Å².